The second-order valence-corrected chi connectivity index (χ2v) is 5.60. The molecule has 0 aliphatic rings. The summed E-state index contributed by atoms with van der Waals surface area (Å²) in [6.45, 7) is 2.57. The molecule has 2 heterocycles. The predicted octanol–water partition coefficient (Wildman–Crippen LogP) is 3.27. The molecule has 0 radical (unpaired) electrons. The summed E-state index contributed by atoms with van der Waals surface area (Å²) in [6, 6.07) is 11.0. The van der Waals surface area contributed by atoms with Crippen molar-refractivity contribution in [2.24, 2.45) is 0 Å². The van der Waals surface area contributed by atoms with E-state index in [1.165, 1.54) is 5.56 Å². The first-order valence-corrected chi connectivity index (χ1v) is 7.48. The van der Waals surface area contributed by atoms with Crippen LogP contribution < -0.4 is 5.32 Å². The monoisotopic (exact) mass is 313 g/mol. The SMILES string of the molecule is Cc1ccc2nc(CCNC(=O)c3ccccc3Cl)cn2c1. The summed E-state index contributed by atoms with van der Waals surface area (Å²) in [4.78, 5) is 16.6. The summed E-state index contributed by atoms with van der Waals surface area (Å²) in [7, 11) is 0. The van der Waals surface area contributed by atoms with Gasteiger partial charge in [0.25, 0.3) is 5.91 Å². The Hall–Kier alpha value is -2.33. The number of aryl methyl sites for hydroxylation is 1. The lowest BCUT2D eigenvalue weighted by atomic mass is 10.2. The van der Waals surface area contributed by atoms with E-state index < -0.39 is 0 Å². The molecule has 2 aromatic heterocycles. The largest absolute Gasteiger partial charge is 0.352 e. The van der Waals surface area contributed by atoms with Crippen LogP contribution in [-0.4, -0.2) is 21.8 Å². The molecule has 112 valence electrons. The third-order valence-electron chi connectivity index (χ3n) is 3.43. The molecule has 5 heteroatoms. The van der Waals surface area contributed by atoms with Crippen molar-refractivity contribution in [1.29, 1.82) is 0 Å². The predicted molar refractivity (Wildman–Crippen MR) is 87.4 cm³/mol. The first-order chi connectivity index (χ1) is 10.6. The van der Waals surface area contributed by atoms with Crippen LogP contribution in [0.25, 0.3) is 5.65 Å². The van der Waals surface area contributed by atoms with Crippen LogP contribution in [0, 0.1) is 6.92 Å². The van der Waals surface area contributed by atoms with Gasteiger partial charge in [-0.3, -0.25) is 4.79 Å². The number of aromatic nitrogens is 2. The molecule has 0 aliphatic carbocycles. The van der Waals surface area contributed by atoms with Gasteiger partial charge in [0.2, 0.25) is 0 Å². The number of halogens is 1. The lowest BCUT2D eigenvalue weighted by Gasteiger charge is -2.05. The first-order valence-electron chi connectivity index (χ1n) is 7.10. The summed E-state index contributed by atoms with van der Waals surface area (Å²) >= 11 is 6.01. The van der Waals surface area contributed by atoms with Crippen LogP contribution in [0.5, 0.6) is 0 Å². The number of nitrogens with zero attached hydrogens (tertiary/aromatic N) is 2. The highest BCUT2D eigenvalue weighted by molar-refractivity contribution is 6.33. The van der Waals surface area contributed by atoms with Crippen molar-refractivity contribution in [3.63, 3.8) is 0 Å². The summed E-state index contributed by atoms with van der Waals surface area (Å²) in [5, 5.41) is 3.33. The van der Waals surface area contributed by atoms with E-state index in [-0.39, 0.29) is 5.91 Å². The zero-order valence-electron chi connectivity index (χ0n) is 12.2. The molecule has 0 spiro atoms. The summed E-state index contributed by atoms with van der Waals surface area (Å²) in [6.07, 6.45) is 4.70. The Kier molecular flexibility index (Phi) is 4.11. The fourth-order valence-electron chi connectivity index (χ4n) is 2.32. The van der Waals surface area contributed by atoms with E-state index in [2.05, 4.69) is 10.3 Å². The Balaban J connectivity index is 1.62. The van der Waals surface area contributed by atoms with Gasteiger partial charge in [0.15, 0.2) is 0 Å². The fraction of sp³-hybridized carbons (Fsp3) is 0.176. The van der Waals surface area contributed by atoms with E-state index in [1.807, 2.05) is 35.9 Å². The van der Waals surface area contributed by atoms with Gasteiger partial charge >= 0.3 is 0 Å². The van der Waals surface area contributed by atoms with Crippen molar-refractivity contribution >= 4 is 23.2 Å². The molecular weight excluding hydrogens is 298 g/mol. The van der Waals surface area contributed by atoms with E-state index in [9.17, 15) is 4.79 Å². The van der Waals surface area contributed by atoms with Crippen molar-refractivity contribution in [3.05, 3.63) is 70.6 Å². The molecule has 3 aromatic rings. The Morgan fingerprint density at radius 2 is 2.05 bits per heavy atom. The molecule has 0 fully saturated rings. The maximum absolute atomic E-state index is 12.1. The minimum atomic E-state index is -0.162. The zero-order valence-corrected chi connectivity index (χ0v) is 13.0. The van der Waals surface area contributed by atoms with Crippen LogP contribution in [0.3, 0.4) is 0 Å². The standard InChI is InChI=1S/C17H16ClN3O/c1-12-6-7-16-20-13(11-21(16)10-12)8-9-19-17(22)14-4-2-3-5-15(14)18/h2-7,10-11H,8-9H2,1H3,(H,19,22). The van der Waals surface area contributed by atoms with E-state index >= 15 is 0 Å². The van der Waals surface area contributed by atoms with Crippen molar-refractivity contribution in [2.45, 2.75) is 13.3 Å². The van der Waals surface area contributed by atoms with Crippen LogP contribution in [0.2, 0.25) is 5.02 Å². The number of amides is 1. The smallest absolute Gasteiger partial charge is 0.252 e. The number of pyridine rings is 1. The topological polar surface area (TPSA) is 46.4 Å². The Labute approximate surface area is 133 Å². The minimum Gasteiger partial charge on any atom is -0.352 e. The van der Waals surface area contributed by atoms with Gasteiger partial charge in [-0.1, -0.05) is 29.8 Å². The first kappa shape index (κ1) is 14.6. The van der Waals surface area contributed by atoms with Gasteiger partial charge in [-0.15, -0.1) is 0 Å². The van der Waals surface area contributed by atoms with Crippen LogP contribution in [0.1, 0.15) is 21.6 Å². The molecule has 4 nitrogen and oxygen atoms in total. The highest BCUT2D eigenvalue weighted by atomic mass is 35.5. The van der Waals surface area contributed by atoms with Crippen LogP contribution in [0.4, 0.5) is 0 Å². The molecule has 22 heavy (non-hydrogen) atoms. The number of hydrogen-bond donors (Lipinski definition) is 1. The van der Waals surface area contributed by atoms with E-state index in [0.717, 1.165) is 11.3 Å². The molecule has 0 aliphatic heterocycles. The molecule has 1 amide bonds. The van der Waals surface area contributed by atoms with Crippen molar-refractivity contribution in [2.75, 3.05) is 6.54 Å². The second kappa shape index (κ2) is 6.20. The van der Waals surface area contributed by atoms with Crippen molar-refractivity contribution < 1.29 is 4.79 Å². The van der Waals surface area contributed by atoms with Gasteiger partial charge in [-0.25, -0.2) is 4.98 Å². The second-order valence-electron chi connectivity index (χ2n) is 5.19. The zero-order chi connectivity index (χ0) is 15.5. The maximum atomic E-state index is 12.1. The highest BCUT2D eigenvalue weighted by Crippen LogP contribution is 2.14. The van der Waals surface area contributed by atoms with E-state index in [0.29, 0.717) is 23.6 Å². The van der Waals surface area contributed by atoms with E-state index in [1.54, 1.807) is 24.3 Å². The molecule has 0 bridgehead atoms. The average Bonchev–Trinajstić information content (AvgIpc) is 2.89. The number of carbonyl (C=O) groups excluding carboxylic acids is 1. The molecule has 0 atom stereocenters. The van der Waals surface area contributed by atoms with Gasteiger partial charge in [0.1, 0.15) is 5.65 Å². The van der Waals surface area contributed by atoms with Gasteiger partial charge < -0.3 is 9.72 Å². The Morgan fingerprint density at radius 1 is 1.23 bits per heavy atom. The lowest BCUT2D eigenvalue weighted by molar-refractivity contribution is 0.0954. The van der Waals surface area contributed by atoms with Gasteiger partial charge in [-0.05, 0) is 30.7 Å². The van der Waals surface area contributed by atoms with Crippen molar-refractivity contribution in [1.82, 2.24) is 14.7 Å². The summed E-state index contributed by atoms with van der Waals surface area (Å²) in [5.74, 6) is -0.162. The molecule has 0 unspecified atom stereocenters. The summed E-state index contributed by atoms with van der Waals surface area (Å²) in [5.41, 5.74) is 3.54. The van der Waals surface area contributed by atoms with Crippen LogP contribution >= 0.6 is 11.6 Å². The maximum Gasteiger partial charge on any atom is 0.252 e. The van der Waals surface area contributed by atoms with E-state index in [4.69, 9.17) is 11.6 Å². The van der Waals surface area contributed by atoms with Gasteiger partial charge in [-0.2, -0.15) is 0 Å². The number of rotatable bonds is 4. The quantitative estimate of drug-likeness (QED) is 0.803. The van der Waals surface area contributed by atoms with Gasteiger partial charge in [0, 0.05) is 25.4 Å². The Morgan fingerprint density at radius 3 is 2.86 bits per heavy atom. The minimum absolute atomic E-state index is 0.162. The molecule has 1 aromatic carbocycles. The fourth-order valence-corrected chi connectivity index (χ4v) is 2.54. The Bertz CT molecular complexity index is 826. The third kappa shape index (κ3) is 3.12. The van der Waals surface area contributed by atoms with Crippen molar-refractivity contribution in [3.8, 4) is 0 Å². The number of nitrogens with one attached hydrogen (secondary N) is 1. The number of imidazole rings is 1. The number of hydrogen-bond acceptors (Lipinski definition) is 2. The molecule has 1 N–H and O–H groups in total. The normalized spacial score (nSPS) is 10.8. The van der Waals surface area contributed by atoms with Crippen LogP contribution in [-0.2, 0) is 6.42 Å². The number of benzene rings is 1. The summed E-state index contributed by atoms with van der Waals surface area (Å²) < 4.78 is 2.00. The molecular formula is C17H16ClN3O. The number of carbonyl (C=O) groups is 1. The molecule has 0 saturated heterocycles. The third-order valence-corrected chi connectivity index (χ3v) is 3.76. The van der Waals surface area contributed by atoms with Crippen LogP contribution in [0.15, 0.2) is 48.8 Å². The highest BCUT2D eigenvalue weighted by Gasteiger charge is 2.09. The average molecular weight is 314 g/mol. The molecule has 3 rings (SSSR count). The number of fused-ring (bicyclic) bond motifs is 1. The lowest BCUT2D eigenvalue weighted by Crippen LogP contribution is -2.26. The molecule has 0 saturated carbocycles. The van der Waals surface area contributed by atoms with Gasteiger partial charge in [0.05, 0.1) is 16.3 Å².